The molecule has 2 heterocycles. The summed E-state index contributed by atoms with van der Waals surface area (Å²) in [5.41, 5.74) is 1.19. The molecular formula is C11H17N3O. The largest absolute Gasteiger partial charge is 0.481 e. The van der Waals surface area contributed by atoms with Crippen molar-refractivity contribution < 1.29 is 4.74 Å². The summed E-state index contributed by atoms with van der Waals surface area (Å²) in [5.74, 6) is 0.679. The lowest BCUT2D eigenvalue weighted by molar-refractivity contribution is 0.397. The Kier molecular flexibility index (Phi) is 3.06. The van der Waals surface area contributed by atoms with Crippen LogP contribution in [0.4, 0.5) is 5.69 Å². The van der Waals surface area contributed by atoms with Gasteiger partial charge in [0.1, 0.15) is 0 Å². The number of methoxy groups -OCH3 is 1. The quantitative estimate of drug-likeness (QED) is 0.781. The zero-order chi connectivity index (χ0) is 10.7. The average Bonchev–Trinajstić information content (AvgIpc) is 2.29. The van der Waals surface area contributed by atoms with Gasteiger partial charge in [-0.2, -0.15) is 0 Å². The number of hydrogen-bond donors (Lipinski definition) is 1. The lowest BCUT2D eigenvalue weighted by atomic mass is 10.2. The first kappa shape index (κ1) is 10.2. The van der Waals surface area contributed by atoms with E-state index in [4.69, 9.17) is 4.74 Å². The number of piperazine rings is 1. The van der Waals surface area contributed by atoms with Gasteiger partial charge in [-0.25, -0.2) is 4.98 Å². The van der Waals surface area contributed by atoms with Crippen LogP contribution in [0.3, 0.4) is 0 Å². The number of aromatic nitrogens is 1. The summed E-state index contributed by atoms with van der Waals surface area (Å²) >= 11 is 0. The van der Waals surface area contributed by atoms with Gasteiger partial charge in [0, 0.05) is 43.6 Å². The Morgan fingerprint density at radius 2 is 2.47 bits per heavy atom. The van der Waals surface area contributed by atoms with E-state index in [9.17, 15) is 0 Å². The van der Waals surface area contributed by atoms with Gasteiger partial charge in [0.05, 0.1) is 7.11 Å². The minimum absolute atomic E-state index is 0.540. The minimum Gasteiger partial charge on any atom is -0.481 e. The summed E-state index contributed by atoms with van der Waals surface area (Å²) in [6, 6.07) is 4.55. The van der Waals surface area contributed by atoms with Crippen LogP contribution in [0.5, 0.6) is 5.88 Å². The highest BCUT2D eigenvalue weighted by molar-refractivity contribution is 5.48. The molecule has 1 fully saturated rings. The van der Waals surface area contributed by atoms with E-state index >= 15 is 0 Å². The van der Waals surface area contributed by atoms with Crippen molar-refractivity contribution in [3.63, 3.8) is 0 Å². The van der Waals surface area contributed by atoms with Gasteiger partial charge in [-0.3, -0.25) is 0 Å². The number of ether oxygens (including phenoxy) is 1. The lowest BCUT2D eigenvalue weighted by Crippen LogP contribution is -2.49. The van der Waals surface area contributed by atoms with Gasteiger partial charge in [0.2, 0.25) is 5.88 Å². The highest BCUT2D eigenvalue weighted by Gasteiger charge is 2.16. The third-order valence-electron chi connectivity index (χ3n) is 2.66. The molecule has 2 rings (SSSR count). The van der Waals surface area contributed by atoms with Crippen molar-refractivity contribution in [3.8, 4) is 5.88 Å². The van der Waals surface area contributed by atoms with E-state index in [1.54, 1.807) is 13.3 Å². The van der Waals surface area contributed by atoms with Gasteiger partial charge in [-0.15, -0.1) is 0 Å². The molecule has 0 bridgehead atoms. The maximum absolute atomic E-state index is 5.12. The molecule has 0 aromatic carbocycles. The highest BCUT2D eigenvalue weighted by atomic mass is 16.5. The van der Waals surface area contributed by atoms with Crippen LogP contribution in [0.25, 0.3) is 0 Å². The van der Waals surface area contributed by atoms with Crippen LogP contribution in [0.1, 0.15) is 6.92 Å². The summed E-state index contributed by atoms with van der Waals surface area (Å²) in [5, 5.41) is 3.42. The fraction of sp³-hybridized carbons (Fsp3) is 0.545. The van der Waals surface area contributed by atoms with E-state index in [0.29, 0.717) is 11.9 Å². The Balaban J connectivity index is 2.13. The molecule has 1 aromatic rings. The first-order chi connectivity index (χ1) is 7.29. The van der Waals surface area contributed by atoms with Gasteiger partial charge in [0.25, 0.3) is 0 Å². The van der Waals surface area contributed by atoms with Crippen LogP contribution in [-0.4, -0.2) is 37.8 Å². The Morgan fingerprint density at radius 3 is 3.20 bits per heavy atom. The summed E-state index contributed by atoms with van der Waals surface area (Å²) in [7, 11) is 1.65. The number of hydrogen-bond acceptors (Lipinski definition) is 4. The number of nitrogens with zero attached hydrogens (tertiary/aromatic N) is 2. The van der Waals surface area contributed by atoms with Crippen LogP contribution < -0.4 is 15.0 Å². The Labute approximate surface area is 90.3 Å². The zero-order valence-electron chi connectivity index (χ0n) is 9.23. The Hall–Kier alpha value is -1.29. The van der Waals surface area contributed by atoms with Crippen molar-refractivity contribution in [1.29, 1.82) is 0 Å². The Morgan fingerprint density at radius 1 is 1.60 bits per heavy atom. The molecular weight excluding hydrogens is 190 g/mol. The number of rotatable bonds is 2. The molecule has 82 valence electrons. The van der Waals surface area contributed by atoms with Gasteiger partial charge in [-0.05, 0) is 13.0 Å². The van der Waals surface area contributed by atoms with Gasteiger partial charge in [0.15, 0.2) is 0 Å². The normalized spacial score (nSPS) is 21.5. The van der Waals surface area contributed by atoms with Crippen LogP contribution in [0.15, 0.2) is 18.3 Å². The molecule has 1 aromatic heterocycles. The standard InChI is InChI=1S/C11H17N3O/c1-9-8-14(6-5-12-9)10-3-4-13-11(7-10)15-2/h3-4,7,9,12H,5-6,8H2,1-2H3/t9-/m1/s1. The summed E-state index contributed by atoms with van der Waals surface area (Å²) in [6.45, 7) is 5.31. The highest BCUT2D eigenvalue weighted by Crippen LogP contribution is 2.19. The predicted molar refractivity (Wildman–Crippen MR) is 60.5 cm³/mol. The van der Waals surface area contributed by atoms with E-state index in [2.05, 4.69) is 22.1 Å². The van der Waals surface area contributed by atoms with E-state index in [1.165, 1.54) is 5.69 Å². The fourth-order valence-electron chi connectivity index (χ4n) is 1.87. The maximum Gasteiger partial charge on any atom is 0.214 e. The minimum atomic E-state index is 0.540. The molecule has 1 saturated heterocycles. The second-order valence-electron chi connectivity index (χ2n) is 3.86. The number of nitrogens with one attached hydrogen (secondary N) is 1. The molecule has 1 aliphatic heterocycles. The monoisotopic (exact) mass is 207 g/mol. The molecule has 0 saturated carbocycles. The molecule has 1 N–H and O–H groups in total. The molecule has 0 spiro atoms. The summed E-state index contributed by atoms with van der Waals surface area (Å²) in [4.78, 5) is 6.46. The van der Waals surface area contributed by atoms with Crippen molar-refractivity contribution >= 4 is 5.69 Å². The van der Waals surface area contributed by atoms with Crippen molar-refractivity contribution in [2.75, 3.05) is 31.6 Å². The van der Waals surface area contributed by atoms with Crippen LogP contribution >= 0.6 is 0 Å². The second-order valence-corrected chi connectivity index (χ2v) is 3.86. The van der Waals surface area contributed by atoms with Crippen molar-refractivity contribution in [1.82, 2.24) is 10.3 Å². The molecule has 4 heteroatoms. The first-order valence-electron chi connectivity index (χ1n) is 5.28. The molecule has 0 radical (unpaired) electrons. The fourth-order valence-corrected chi connectivity index (χ4v) is 1.87. The summed E-state index contributed by atoms with van der Waals surface area (Å²) < 4.78 is 5.12. The topological polar surface area (TPSA) is 37.4 Å². The molecule has 4 nitrogen and oxygen atoms in total. The average molecular weight is 207 g/mol. The predicted octanol–water partition coefficient (Wildman–Crippen LogP) is 0.888. The van der Waals surface area contributed by atoms with E-state index in [-0.39, 0.29) is 0 Å². The molecule has 15 heavy (non-hydrogen) atoms. The van der Waals surface area contributed by atoms with Crippen LogP contribution in [-0.2, 0) is 0 Å². The van der Waals surface area contributed by atoms with E-state index < -0.39 is 0 Å². The van der Waals surface area contributed by atoms with Crippen molar-refractivity contribution in [2.45, 2.75) is 13.0 Å². The third-order valence-corrected chi connectivity index (χ3v) is 2.66. The van der Waals surface area contributed by atoms with Gasteiger partial charge >= 0.3 is 0 Å². The first-order valence-corrected chi connectivity index (χ1v) is 5.28. The third kappa shape index (κ3) is 2.39. The molecule has 0 aliphatic carbocycles. The van der Waals surface area contributed by atoms with Crippen LogP contribution in [0, 0.1) is 0 Å². The van der Waals surface area contributed by atoms with E-state index in [1.807, 2.05) is 12.1 Å². The lowest BCUT2D eigenvalue weighted by Gasteiger charge is -2.33. The zero-order valence-corrected chi connectivity index (χ0v) is 9.23. The number of anilines is 1. The van der Waals surface area contributed by atoms with E-state index in [0.717, 1.165) is 19.6 Å². The van der Waals surface area contributed by atoms with Crippen molar-refractivity contribution in [3.05, 3.63) is 18.3 Å². The van der Waals surface area contributed by atoms with Crippen molar-refractivity contribution in [2.24, 2.45) is 0 Å². The molecule has 0 unspecified atom stereocenters. The SMILES string of the molecule is COc1cc(N2CCN[C@H](C)C2)ccn1. The smallest absolute Gasteiger partial charge is 0.214 e. The Bertz CT molecular complexity index is 329. The summed E-state index contributed by atoms with van der Waals surface area (Å²) in [6.07, 6.45) is 1.79. The molecule has 1 atom stereocenters. The van der Waals surface area contributed by atoms with Gasteiger partial charge in [-0.1, -0.05) is 0 Å². The maximum atomic E-state index is 5.12. The molecule has 1 aliphatic rings. The second kappa shape index (κ2) is 4.49. The van der Waals surface area contributed by atoms with Crippen LogP contribution in [0.2, 0.25) is 0 Å². The molecule has 0 amide bonds. The van der Waals surface area contributed by atoms with Gasteiger partial charge < -0.3 is 15.0 Å². The number of pyridine rings is 1.